The van der Waals surface area contributed by atoms with Crippen LogP contribution in [0.2, 0.25) is 0 Å². The van der Waals surface area contributed by atoms with Gasteiger partial charge in [0.2, 0.25) is 5.91 Å². The number of furan rings is 1. The fourth-order valence-electron chi connectivity index (χ4n) is 2.58. The Labute approximate surface area is 152 Å². The van der Waals surface area contributed by atoms with E-state index in [1.807, 2.05) is 86.6 Å². The number of benzene rings is 2. The summed E-state index contributed by atoms with van der Waals surface area (Å²) in [6.45, 7) is 3.83. The first-order valence-electron chi connectivity index (χ1n) is 8.27. The Morgan fingerprint density at radius 2 is 1.60 bits per heavy atom. The first kappa shape index (κ1) is 17.4. The van der Waals surface area contributed by atoms with E-state index >= 15 is 0 Å². The number of hydrogen-bond donors (Lipinski definition) is 1. The Kier molecular flexibility index (Phi) is 5.61. The van der Waals surface area contributed by atoms with E-state index in [-0.39, 0.29) is 17.2 Å². The van der Waals surface area contributed by atoms with Gasteiger partial charge in [-0.3, -0.25) is 4.79 Å². The van der Waals surface area contributed by atoms with Gasteiger partial charge in [0.15, 0.2) is 0 Å². The molecule has 1 aromatic heterocycles. The van der Waals surface area contributed by atoms with Crippen molar-refractivity contribution >= 4 is 17.7 Å². The molecule has 2 unspecified atom stereocenters. The lowest BCUT2D eigenvalue weighted by molar-refractivity contribution is -0.121. The van der Waals surface area contributed by atoms with E-state index in [0.717, 1.165) is 22.0 Å². The van der Waals surface area contributed by atoms with Crippen LogP contribution < -0.4 is 5.32 Å². The molecular weight excluding hydrogens is 330 g/mol. The predicted molar refractivity (Wildman–Crippen MR) is 101 cm³/mol. The molecular formula is C21H21NO2S. The van der Waals surface area contributed by atoms with E-state index in [9.17, 15) is 4.79 Å². The molecule has 0 fully saturated rings. The van der Waals surface area contributed by atoms with Gasteiger partial charge >= 0.3 is 0 Å². The molecule has 2 aromatic carbocycles. The maximum Gasteiger partial charge on any atom is 0.238 e. The maximum atomic E-state index is 13.0. The molecule has 0 bridgehead atoms. The minimum absolute atomic E-state index is 0.0263. The van der Waals surface area contributed by atoms with Gasteiger partial charge < -0.3 is 9.73 Å². The second kappa shape index (κ2) is 8.08. The van der Waals surface area contributed by atoms with Crippen molar-refractivity contribution in [3.05, 3.63) is 89.9 Å². The molecule has 2 atom stereocenters. The lowest BCUT2D eigenvalue weighted by atomic mass is 10.1. The van der Waals surface area contributed by atoms with Crippen molar-refractivity contribution < 1.29 is 9.21 Å². The van der Waals surface area contributed by atoms with Crippen LogP contribution in [0.1, 0.15) is 35.3 Å². The van der Waals surface area contributed by atoms with Crippen LogP contribution in [0, 0.1) is 6.92 Å². The SMILES string of the molecule is Cc1ccc(C(C)NC(=O)C(Sc2ccccc2)c2ccccc2)o1. The molecule has 0 spiro atoms. The number of aryl methyl sites for hydroxylation is 1. The summed E-state index contributed by atoms with van der Waals surface area (Å²) in [5.41, 5.74) is 0.983. The number of nitrogens with one attached hydrogen (secondary N) is 1. The Hall–Kier alpha value is -2.46. The zero-order valence-corrected chi connectivity index (χ0v) is 15.1. The molecule has 1 N–H and O–H groups in total. The summed E-state index contributed by atoms with van der Waals surface area (Å²) in [5.74, 6) is 1.58. The summed E-state index contributed by atoms with van der Waals surface area (Å²) >= 11 is 1.55. The van der Waals surface area contributed by atoms with E-state index < -0.39 is 0 Å². The van der Waals surface area contributed by atoms with Gasteiger partial charge in [-0.2, -0.15) is 0 Å². The van der Waals surface area contributed by atoms with Crippen LogP contribution in [0.4, 0.5) is 0 Å². The van der Waals surface area contributed by atoms with Crippen molar-refractivity contribution in [3.8, 4) is 0 Å². The van der Waals surface area contributed by atoms with Crippen molar-refractivity contribution in [3.63, 3.8) is 0 Å². The molecule has 0 saturated heterocycles. The fraction of sp³-hybridized carbons (Fsp3) is 0.190. The second-order valence-electron chi connectivity index (χ2n) is 5.90. The molecule has 0 aliphatic heterocycles. The topological polar surface area (TPSA) is 42.2 Å². The maximum absolute atomic E-state index is 13.0. The van der Waals surface area contributed by atoms with E-state index in [2.05, 4.69) is 5.32 Å². The molecule has 128 valence electrons. The second-order valence-corrected chi connectivity index (χ2v) is 7.08. The van der Waals surface area contributed by atoms with Gasteiger partial charge in [-0.1, -0.05) is 48.5 Å². The zero-order chi connectivity index (χ0) is 17.6. The highest BCUT2D eigenvalue weighted by Crippen LogP contribution is 2.35. The number of carbonyl (C=O) groups excluding carboxylic acids is 1. The highest BCUT2D eigenvalue weighted by Gasteiger charge is 2.24. The molecule has 3 nitrogen and oxygen atoms in total. The van der Waals surface area contributed by atoms with Crippen LogP contribution in [0.5, 0.6) is 0 Å². The van der Waals surface area contributed by atoms with Crippen LogP contribution in [0.25, 0.3) is 0 Å². The molecule has 25 heavy (non-hydrogen) atoms. The summed E-state index contributed by atoms with van der Waals surface area (Å²) < 4.78 is 5.63. The first-order chi connectivity index (χ1) is 12.1. The Bertz CT molecular complexity index is 814. The van der Waals surface area contributed by atoms with Crippen molar-refractivity contribution in [2.75, 3.05) is 0 Å². The molecule has 0 aliphatic carbocycles. The first-order valence-corrected chi connectivity index (χ1v) is 9.15. The highest BCUT2D eigenvalue weighted by atomic mass is 32.2. The third kappa shape index (κ3) is 4.54. The standard InChI is InChI=1S/C21H21NO2S/c1-15-13-14-19(24-15)16(2)22-21(23)20(17-9-5-3-6-10-17)25-18-11-7-4-8-12-18/h3-14,16,20H,1-2H3,(H,22,23). The van der Waals surface area contributed by atoms with E-state index in [1.165, 1.54) is 0 Å². The average Bonchev–Trinajstić information content (AvgIpc) is 3.08. The smallest absolute Gasteiger partial charge is 0.238 e. The van der Waals surface area contributed by atoms with Crippen molar-refractivity contribution in [1.29, 1.82) is 0 Å². The quantitative estimate of drug-likeness (QED) is 0.613. The molecule has 3 aromatic rings. The summed E-state index contributed by atoms with van der Waals surface area (Å²) in [7, 11) is 0. The summed E-state index contributed by atoms with van der Waals surface area (Å²) in [6, 6.07) is 23.5. The van der Waals surface area contributed by atoms with Crippen molar-refractivity contribution in [1.82, 2.24) is 5.32 Å². The van der Waals surface area contributed by atoms with Crippen LogP contribution in [-0.2, 0) is 4.79 Å². The third-order valence-corrected chi connectivity index (χ3v) is 5.15. The minimum Gasteiger partial charge on any atom is -0.464 e. The van der Waals surface area contributed by atoms with Crippen LogP contribution in [0.3, 0.4) is 0 Å². The molecule has 0 saturated carbocycles. The monoisotopic (exact) mass is 351 g/mol. The number of hydrogen-bond acceptors (Lipinski definition) is 3. The predicted octanol–water partition coefficient (Wildman–Crippen LogP) is 5.30. The Morgan fingerprint density at radius 1 is 0.960 bits per heavy atom. The lowest BCUT2D eigenvalue weighted by Crippen LogP contribution is -2.30. The molecule has 0 radical (unpaired) electrons. The largest absolute Gasteiger partial charge is 0.464 e. The highest BCUT2D eigenvalue weighted by molar-refractivity contribution is 8.00. The number of carbonyl (C=O) groups is 1. The van der Waals surface area contributed by atoms with E-state index in [0.29, 0.717) is 0 Å². The molecule has 3 rings (SSSR count). The van der Waals surface area contributed by atoms with E-state index in [4.69, 9.17) is 4.42 Å². The van der Waals surface area contributed by atoms with Crippen LogP contribution in [0.15, 0.2) is 82.1 Å². The molecule has 1 amide bonds. The van der Waals surface area contributed by atoms with Gasteiger partial charge in [0.05, 0.1) is 6.04 Å². The van der Waals surface area contributed by atoms with Gasteiger partial charge in [0.1, 0.15) is 16.8 Å². The molecule has 1 heterocycles. The normalized spacial score (nSPS) is 13.2. The fourth-order valence-corrected chi connectivity index (χ4v) is 3.64. The van der Waals surface area contributed by atoms with Crippen molar-refractivity contribution in [2.24, 2.45) is 0 Å². The van der Waals surface area contributed by atoms with E-state index in [1.54, 1.807) is 11.8 Å². The summed E-state index contributed by atoms with van der Waals surface area (Å²) in [5, 5.41) is 2.76. The van der Waals surface area contributed by atoms with Gasteiger partial charge in [0.25, 0.3) is 0 Å². The average molecular weight is 351 g/mol. The number of rotatable bonds is 6. The molecule has 0 aliphatic rings. The van der Waals surface area contributed by atoms with Gasteiger partial charge in [-0.15, -0.1) is 11.8 Å². The summed E-state index contributed by atoms with van der Waals surface area (Å²) in [4.78, 5) is 14.0. The van der Waals surface area contributed by atoms with Gasteiger partial charge in [-0.05, 0) is 43.7 Å². The zero-order valence-electron chi connectivity index (χ0n) is 14.3. The third-order valence-electron chi connectivity index (χ3n) is 3.88. The Morgan fingerprint density at radius 3 is 2.20 bits per heavy atom. The molecule has 4 heteroatoms. The lowest BCUT2D eigenvalue weighted by Gasteiger charge is -2.19. The van der Waals surface area contributed by atoms with Gasteiger partial charge in [0, 0.05) is 4.90 Å². The van der Waals surface area contributed by atoms with Crippen LogP contribution in [-0.4, -0.2) is 5.91 Å². The summed E-state index contributed by atoms with van der Waals surface area (Å²) in [6.07, 6.45) is 0. The van der Waals surface area contributed by atoms with Gasteiger partial charge in [-0.25, -0.2) is 0 Å². The number of amides is 1. The number of thioether (sulfide) groups is 1. The Balaban J connectivity index is 1.79. The minimum atomic E-state index is -0.317. The van der Waals surface area contributed by atoms with Crippen molar-refractivity contribution in [2.45, 2.75) is 30.0 Å². The van der Waals surface area contributed by atoms with Crippen LogP contribution >= 0.6 is 11.8 Å².